The van der Waals surface area contributed by atoms with Crippen LogP contribution in [0.5, 0.6) is 0 Å². The quantitative estimate of drug-likeness (QED) is 0.740. The van der Waals surface area contributed by atoms with Gasteiger partial charge in [-0.2, -0.15) is 0 Å². The molecule has 2 rings (SSSR count). The van der Waals surface area contributed by atoms with Crippen LogP contribution in [0.3, 0.4) is 0 Å². The Bertz CT molecular complexity index is 584. The Balaban J connectivity index is 2.02. The maximum absolute atomic E-state index is 12.0. The molecule has 19 heavy (non-hydrogen) atoms. The Morgan fingerprint density at radius 3 is 3.05 bits per heavy atom. The van der Waals surface area contributed by atoms with Gasteiger partial charge in [0.05, 0.1) is 12.7 Å². The summed E-state index contributed by atoms with van der Waals surface area (Å²) in [7, 11) is -1.85. The number of ether oxygens (including phenoxy) is 1. The molecule has 1 aromatic heterocycles. The number of hydrogen-bond donors (Lipinski definition) is 2. The Morgan fingerprint density at radius 2 is 2.37 bits per heavy atom. The number of likely N-dealkylation sites (N-methyl/N-ethyl adjacent to an activating group) is 1. The lowest BCUT2D eigenvalue weighted by molar-refractivity contribution is -0.0156. The highest BCUT2D eigenvalue weighted by molar-refractivity contribution is 7.89. The Hall–Kier alpha value is -1.22. The summed E-state index contributed by atoms with van der Waals surface area (Å²) in [6, 6.07) is 1.18. The summed E-state index contributed by atoms with van der Waals surface area (Å²) in [5.41, 5.74) is -0.534. The van der Waals surface area contributed by atoms with Gasteiger partial charge < -0.3 is 14.6 Å². The fourth-order valence-electron chi connectivity index (χ4n) is 1.88. The molecule has 8 heteroatoms. The maximum Gasteiger partial charge on any atom is 0.246 e. The summed E-state index contributed by atoms with van der Waals surface area (Å²) in [5.74, 6) is 0. The molecule has 0 aliphatic carbocycles. The van der Waals surface area contributed by atoms with E-state index in [0.717, 1.165) is 6.54 Å². The van der Waals surface area contributed by atoms with Crippen LogP contribution in [0, 0.1) is 0 Å². The fraction of sp³-hybridized carbons (Fsp3) is 0.545. The number of H-pyrrole nitrogens is 1. The molecule has 0 amide bonds. The van der Waals surface area contributed by atoms with Crippen LogP contribution in [0.1, 0.15) is 0 Å². The van der Waals surface area contributed by atoms with Crippen molar-refractivity contribution in [3.63, 3.8) is 0 Å². The zero-order valence-corrected chi connectivity index (χ0v) is 11.4. The summed E-state index contributed by atoms with van der Waals surface area (Å²) in [5, 5.41) is 0. The van der Waals surface area contributed by atoms with Crippen LogP contribution < -0.4 is 10.2 Å². The number of morpholine rings is 1. The highest BCUT2D eigenvalue weighted by atomic mass is 32.2. The van der Waals surface area contributed by atoms with Gasteiger partial charge in [0.1, 0.15) is 4.90 Å². The zero-order chi connectivity index (χ0) is 13.9. The first-order valence-electron chi connectivity index (χ1n) is 5.96. The fourth-order valence-corrected chi connectivity index (χ4v) is 3.00. The molecule has 1 unspecified atom stereocenters. The highest BCUT2D eigenvalue weighted by Gasteiger charge is 2.22. The molecule has 1 aliphatic heterocycles. The molecule has 0 spiro atoms. The molecular formula is C11H17N3O4S. The molecule has 0 radical (unpaired) electrons. The summed E-state index contributed by atoms with van der Waals surface area (Å²) in [6.45, 7) is 2.23. The lowest BCUT2D eigenvalue weighted by atomic mass is 10.3. The normalized spacial score (nSPS) is 21.4. The Labute approximate surface area is 111 Å². The van der Waals surface area contributed by atoms with Crippen LogP contribution in [0.4, 0.5) is 0 Å². The molecule has 1 saturated heterocycles. The van der Waals surface area contributed by atoms with Crippen LogP contribution in [0.2, 0.25) is 0 Å². The summed E-state index contributed by atoms with van der Waals surface area (Å²) in [6.07, 6.45) is 2.37. The van der Waals surface area contributed by atoms with Crippen molar-refractivity contribution in [1.29, 1.82) is 0 Å². The smallest absolute Gasteiger partial charge is 0.246 e. The first kappa shape index (κ1) is 14.2. The summed E-state index contributed by atoms with van der Waals surface area (Å²) < 4.78 is 31.8. The maximum atomic E-state index is 12.0. The van der Waals surface area contributed by atoms with Crippen molar-refractivity contribution >= 4 is 10.0 Å². The van der Waals surface area contributed by atoms with Gasteiger partial charge in [-0.3, -0.25) is 4.79 Å². The average Bonchev–Trinajstić information content (AvgIpc) is 2.37. The van der Waals surface area contributed by atoms with Crippen LogP contribution in [0.25, 0.3) is 0 Å². The SMILES string of the molecule is CN1CCOC(CNS(=O)(=O)c2c[nH]ccc2=O)C1. The molecule has 1 fully saturated rings. The van der Waals surface area contributed by atoms with E-state index in [0.29, 0.717) is 13.2 Å². The van der Waals surface area contributed by atoms with Gasteiger partial charge in [-0.15, -0.1) is 0 Å². The van der Waals surface area contributed by atoms with Crippen LogP contribution in [-0.4, -0.2) is 57.7 Å². The van der Waals surface area contributed by atoms with Crippen molar-refractivity contribution in [2.75, 3.05) is 33.3 Å². The van der Waals surface area contributed by atoms with E-state index in [1.54, 1.807) is 0 Å². The van der Waals surface area contributed by atoms with Gasteiger partial charge in [0, 0.05) is 38.1 Å². The number of nitrogens with zero attached hydrogens (tertiary/aromatic N) is 1. The van der Waals surface area contributed by atoms with Crippen molar-refractivity contribution in [1.82, 2.24) is 14.6 Å². The third-order valence-corrected chi connectivity index (χ3v) is 4.37. The highest BCUT2D eigenvalue weighted by Crippen LogP contribution is 2.04. The minimum absolute atomic E-state index is 0.154. The Morgan fingerprint density at radius 1 is 1.58 bits per heavy atom. The van der Waals surface area contributed by atoms with E-state index in [1.165, 1.54) is 18.5 Å². The third-order valence-electron chi connectivity index (χ3n) is 2.92. The molecule has 7 nitrogen and oxygen atoms in total. The second kappa shape index (κ2) is 5.83. The summed E-state index contributed by atoms with van der Waals surface area (Å²) in [4.78, 5) is 15.9. The monoisotopic (exact) mass is 287 g/mol. The van der Waals surface area contributed by atoms with Gasteiger partial charge >= 0.3 is 0 Å². The number of nitrogens with one attached hydrogen (secondary N) is 2. The van der Waals surface area contributed by atoms with Gasteiger partial charge in [0.2, 0.25) is 15.5 Å². The molecular weight excluding hydrogens is 270 g/mol. The van der Waals surface area contributed by atoms with Crippen LogP contribution >= 0.6 is 0 Å². The van der Waals surface area contributed by atoms with Crippen LogP contribution in [0.15, 0.2) is 28.2 Å². The van der Waals surface area contributed by atoms with Crippen molar-refractivity contribution in [3.8, 4) is 0 Å². The van der Waals surface area contributed by atoms with E-state index in [4.69, 9.17) is 4.74 Å². The zero-order valence-electron chi connectivity index (χ0n) is 10.6. The molecule has 0 saturated carbocycles. The van der Waals surface area contributed by atoms with Gasteiger partial charge in [0.25, 0.3) is 0 Å². The van der Waals surface area contributed by atoms with Crippen LogP contribution in [-0.2, 0) is 14.8 Å². The van der Waals surface area contributed by atoms with E-state index < -0.39 is 15.5 Å². The Kier molecular flexibility index (Phi) is 4.35. The number of rotatable bonds is 4. The second-order valence-corrected chi connectivity index (χ2v) is 6.22. The van der Waals surface area contributed by atoms with Gasteiger partial charge in [-0.25, -0.2) is 13.1 Å². The van der Waals surface area contributed by atoms with Crippen molar-refractivity contribution in [3.05, 3.63) is 28.7 Å². The topological polar surface area (TPSA) is 91.5 Å². The van der Waals surface area contributed by atoms with E-state index in [1.807, 2.05) is 7.05 Å². The molecule has 2 N–H and O–H groups in total. The minimum Gasteiger partial charge on any atom is -0.374 e. The number of aromatic nitrogens is 1. The predicted octanol–water partition coefficient (Wildman–Crippen LogP) is -1.02. The lowest BCUT2D eigenvalue weighted by Crippen LogP contribution is -2.46. The van der Waals surface area contributed by atoms with Crippen molar-refractivity contribution < 1.29 is 13.2 Å². The molecule has 0 bridgehead atoms. The first-order valence-corrected chi connectivity index (χ1v) is 7.44. The van der Waals surface area contributed by atoms with Gasteiger partial charge in [-0.05, 0) is 7.05 Å². The number of pyridine rings is 1. The molecule has 106 valence electrons. The minimum atomic E-state index is -3.80. The predicted molar refractivity (Wildman–Crippen MR) is 69.5 cm³/mol. The summed E-state index contributed by atoms with van der Waals surface area (Å²) >= 11 is 0. The standard InChI is InChI=1S/C11H17N3O4S/c1-14-4-5-18-9(8-14)6-13-19(16,17)11-7-12-3-2-10(11)15/h2-3,7,9,13H,4-6,8H2,1H3,(H,12,15). The van der Waals surface area contributed by atoms with Gasteiger partial charge in [0.15, 0.2) is 0 Å². The third kappa shape index (κ3) is 3.63. The lowest BCUT2D eigenvalue weighted by Gasteiger charge is -2.29. The molecule has 1 aliphatic rings. The van der Waals surface area contributed by atoms with Crippen molar-refractivity contribution in [2.24, 2.45) is 0 Å². The number of hydrogen-bond acceptors (Lipinski definition) is 5. The van der Waals surface area contributed by atoms with Gasteiger partial charge in [-0.1, -0.05) is 0 Å². The molecule has 1 aromatic rings. The largest absolute Gasteiger partial charge is 0.374 e. The molecule has 1 atom stereocenters. The number of sulfonamides is 1. The number of aromatic amines is 1. The van der Waals surface area contributed by atoms with E-state index in [-0.39, 0.29) is 17.5 Å². The van der Waals surface area contributed by atoms with E-state index in [2.05, 4.69) is 14.6 Å². The molecule has 0 aromatic carbocycles. The first-order chi connectivity index (χ1) is 8.99. The van der Waals surface area contributed by atoms with Crippen molar-refractivity contribution in [2.45, 2.75) is 11.0 Å². The van der Waals surface area contributed by atoms with E-state index >= 15 is 0 Å². The second-order valence-electron chi connectivity index (χ2n) is 4.48. The van der Waals surface area contributed by atoms with E-state index in [9.17, 15) is 13.2 Å². The average molecular weight is 287 g/mol. The molecule has 2 heterocycles.